The first-order valence-corrected chi connectivity index (χ1v) is 4.07. The molecule has 0 fully saturated rings. The minimum Gasteiger partial charge on any atom is -0.445 e. The molecule has 1 aromatic rings. The zero-order chi connectivity index (χ0) is 11.9. The predicted molar refractivity (Wildman–Crippen MR) is 45.2 cm³/mol. The first kappa shape index (κ1) is 12.2. The topological polar surface area (TPSA) is 0 Å². The lowest BCUT2D eigenvalue weighted by Crippen LogP contribution is -2.39. The zero-order valence-electron chi connectivity index (χ0n) is 6.96. The summed E-state index contributed by atoms with van der Waals surface area (Å²) in [5.74, 6) is 0. The second-order valence-electron chi connectivity index (χ2n) is 2.80. The van der Waals surface area contributed by atoms with Gasteiger partial charge in [-0.15, -0.1) is 0 Å². The van der Waals surface area contributed by atoms with E-state index in [0.29, 0.717) is 6.07 Å². The number of rotatable bonds is 1. The first-order chi connectivity index (χ1) is 6.62. The summed E-state index contributed by atoms with van der Waals surface area (Å²) in [6, 6.07) is 1.38. The van der Waals surface area contributed by atoms with Gasteiger partial charge in [-0.05, 0) is 6.07 Å². The maximum Gasteiger partial charge on any atom is 0.510 e. The van der Waals surface area contributed by atoms with Gasteiger partial charge in [0.25, 0.3) is 0 Å². The molecule has 0 nitrogen and oxygen atoms in total. The summed E-state index contributed by atoms with van der Waals surface area (Å²) in [5.41, 5.74) is -3.42. The predicted octanol–water partition coefficient (Wildman–Crippen LogP) is 3.41. The van der Waals surface area contributed by atoms with E-state index in [-0.39, 0.29) is 11.1 Å². The summed E-state index contributed by atoms with van der Waals surface area (Å²) < 4.78 is 73.3. The SMILES string of the molecule is F[B-](F)(F)c1cc(Cl)ccc1C(F)(F)F. The van der Waals surface area contributed by atoms with Crippen LogP contribution in [0.5, 0.6) is 0 Å². The number of hydrogen-bond acceptors (Lipinski definition) is 0. The molecule has 0 aliphatic rings. The van der Waals surface area contributed by atoms with E-state index in [9.17, 15) is 26.1 Å². The fourth-order valence-electron chi connectivity index (χ4n) is 1.06. The van der Waals surface area contributed by atoms with E-state index in [1.165, 1.54) is 0 Å². The van der Waals surface area contributed by atoms with Crippen LogP contribution in [0.3, 0.4) is 0 Å². The van der Waals surface area contributed by atoms with Crippen LogP contribution in [-0.2, 0) is 6.18 Å². The Morgan fingerprint density at radius 2 is 1.60 bits per heavy atom. The fourth-order valence-corrected chi connectivity index (χ4v) is 1.24. The Labute approximate surface area is 85.9 Å². The summed E-state index contributed by atoms with van der Waals surface area (Å²) in [6.45, 7) is -5.73. The molecule has 0 saturated carbocycles. The third-order valence-corrected chi connectivity index (χ3v) is 1.91. The van der Waals surface area contributed by atoms with Gasteiger partial charge in [-0.3, -0.25) is 0 Å². The molecule has 84 valence electrons. The summed E-state index contributed by atoms with van der Waals surface area (Å²) in [6.07, 6.45) is -5.03. The van der Waals surface area contributed by atoms with Crippen LogP contribution in [0.4, 0.5) is 26.1 Å². The molecule has 0 aliphatic heterocycles. The minimum atomic E-state index is -5.73. The summed E-state index contributed by atoms with van der Waals surface area (Å²) in [4.78, 5) is 0. The Balaban J connectivity index is 3.41. The molecule has 0 spiro atoms. The van der Waals surface area contributed by atoms with E-state index >= 15 is 0 Å². The Bertz CT molecular complexity index is 369. The maximum absolute atomic E-state index is 12.3. The van der Waals surface area contributed by atoms with Gasteiger partial charge < -0.3 is 12.9 Å². The van der Waals surface area contributed by atoms with Crippen molar-refractivity contribution in [3.63, 3.8) is 0 Å². The Kier molecular flexibility index (Phi) is 2.95. The Hall–Kier alpha value is -0.845. The molecule has 0 N–H and O–H groups in total. The monoisotopic (exact) mass is 247 g/mol. The molecule has 0 heterocycles. The molecule has 1 rings (SSSR count). The van der Waals surface area contributed by atoms with E-state index in [1.54, 1.807) is 0 Å². The van der Waals surface area contributed by atoms with Gasteiger partial charge in [-0.1, -0.05) is 29.2 Å². The van der Waals surface area contributed by atoms with Crippen molar-refractivity contribution in [2.75, 3.05) is 0 Å². The summed E-state index contributed by atoms with van der Waals surface area (Å²) in [5, 5.41) is -0.378. The van der Waals surface area contributed by atoms with Crippen LogP contribution in [0.2, 0.25) is 5.02 Å². The molecule has 15 heavy (non-hydrogen) atoms. The van der Waals surface area contributed by atoms with E-state index in [1.807, 2.05) is 0 Å². The van der Waals surface area contributed by atoms with Crippen LogP contribution in [0.25, 0.3) is 0 Å². The third kappa shape index (κ3) is 2.81. The zero-order valence-corrected chi connectivity index (χ0v) is 7.71. The van der Waals surface area contributed by atoms with Crippen molar-refractivity contribution in [3.8, 4) is 0 Å². The molecule has 8 heteroatoms. The van der Waals surface area contributed by atoms with Crippen LogP contribution in [-0.4, -0.2) is 6.98 Å². The molecule has 0 unspecified atom stereocenters. The average Bonchev–Trinajstić information content (AvgIpc) is 2.00. The van der Waals surface area contributed by atoms with Crippen molar-refractivity contribution in [1.29, 1.82) is 0 Å². The lowest BCUT2D eigenvalue weighted by atomic mass is 9.76. The first-order valence-electron chi connectivity index (χ1n) is 3.69. The van der Waals surface area contributed by atoms with Crippen LogP contribution in [0.15, 0.2) is 18.2 Å². The number of halogens is 7. The molecule has 0 aliphatic carbocycles. The fraction of sp³-hybridized carbons (Fsp3) is 0.143. The van der Waals surface area contributed by atoms with Gasteiger partial charge >= 0.3 is 13.2 Å². The number of hydrogen-bond donors (Lipinski definition) is 0. The van der Waals surface area contributed by atoms with Gasteiger partial charge in [0.05, 0.1) is 0 Å². The van der Waals surface area contributed by atoms with Crippen molar-refractivity contribution in [1.82, 2.24) is 0 Å². The van der Waals surface area contributed by atoms with Crippen LogP contribution in [0.1, 0.15) is 5.56 Å². The van der Waals surface area contributed by atoms with E-state index in [0.717, 1.165) is 6.07 Å². The molecule has 0 bridgehead atoms. The van der Waals surface area contributed by atoms with Gasteiger partial charge in [0.1, 0.15) is 0 Å². The highest BCUT2D eigenvalue weighted by Crippen LogP contribution is 2.31. The number of benzene rings is 1. The van der Waals surface area contributed by atoms with Crippen molar-refractivity contribution in [2.45, 2.75) is 6.18 Å². The lowest BCUT2D eigenvalue weighted by Gasteiger charge is -2.21. The van der Waals surface area contributed by atoms with Gasteiger partial charge in [0.15, 0.2) is 0 Å². The number of alkyl halides is 3. The highest BCUT2D eigenvalue weighted by atomic mass is 35.5. The van der Waals surface area contributed by atoms with Crippen molar-refractivity contribution in [2.24, 2.45) is 0 Å². The molecule has 0 aromatic heterocycles. The molecular weight excluding hydrogens is 244 g/mol. The Morgan fingerprint density at radius 3 is 2.00 bits per heavy atom. The van der Waals surface area contributed by atoms with Crippen molar-refractivity contribution >= 4 is 24.0 Å². The minimum absolute atomic E-state index is 0.282. The molecule has 1 aromatic carbocycles. The lowest BCUT2D eigenvalue weighted by molar-refractivity contribution is -0.136. The standard InChI is InChI=1S/C7H3BClF6/c9-4-1-2-5(7(10,11)12)6(3-4)8(13,14)15/h1-3H/q-1. The summed E-state index contributed by atoms with van der Waals surface area (Å²) >= 11 is 5.22. The van der Waals surface area contributed by atoms with Gasteiger partial charge in [0.2, 0.25) is 0 Å². The average molecular weight is 247 g/mol. The third-order valence-electron chi connectivity index (χ3n) is 1.67. The van der Waals surface area contributed by atoms with E-state index in [4.69, 9.17) is 11.6 Å². The van der Waals surface area contributed by atoms with Gasteiger partial charge in [-0.25, -0.2) is 0 Å². The second-order valence-corrected chi connectivity index (χ2v) is 3.24. The molecule has 0 atom stereocenters. The molecule has 0 amide bonds. The largest absolute Gasteiger partial charge is 0.510 e. The molecular formula is C7H3BClF6-. The second kappa shape index (κ2) is 3.62. The summed E-state index contributed by atoms with van der Waals surface area (Å²) in [7, 11) is 0. The highest BCUT2D eigenvalue weighted by Gasteiger charge is 2.39. The van der Waals surface area contributed by atoms with Crippen LogP contribution in [0, 0.1) is 0 Å². The van der Waals surface area contributed by atoms with Gasteiger partial charge in [-0.2, -0.15) is 13.2 Å². The normalized spacial score (nSPS) is 13.0. The molecule has 0 radical (unpaired) electrons. The quantitative estimate of drug-likeness (QED) is 0.527. The van der Waals surface area contributed by atoms with Gasteiger partial charge in [0, 0.05) is 10.6 Å². The van der Waals surface area contributed by atoms with Crippen molar-refractivity contribution < 1.29 is 26.1 Å². The van der Waals surface area contributed by atoms with Crippen LogP contribution < -0.4 is 5.46 Å². The maximum atomic E-state index is 12.3. The molecule has 0 saturated heterocycles. The van der Waals surface area contributed by atoms with E-state index in [2.05, 4.69) is 0 Å². The Morgan fingerprint density at radius 1 is 1.07 bits per heavy atom. The van der Waals surface area contributed by atoms with Crippen molar-refractivity contribution in [3.05, 3.63) is 28.8 Å². The van der Waals surface area contributed by atoms with Crippen LogP contribution >= 0.6 is 11.6 Å². The van der Waals surface area contributed by atoms with E-state index < -0.39 is 24.2 Å². The smallest absolute Gasteiger partial charge is 0.445 e. The highest BCUT2D eigenvalue weighted by molar-refractivity contribution is 6.74.